The van der Waals surface area contributed by atoms with Crippen molar-refractivity contribution < 1.29 is 4.74 Å². The molecule has 0 amide bonds. The van der Waals surface area contributed by atoms with Crippen LogP contribution < -0.4 is 10.5 Å². The molecule has 1 saturated carbocycles. The molecular weight excluding hydrogens is 284 g/mol. The second kappa shape index (κ2) is 7.48. The second-order valence-electron chi connectivity index (χ2n) is 6.14. The highest BCUT2D eigenvalue weighted by Crippen LogP contribution is 2.34. The predicted molar refractivity (Wildman–Crippen MR) is 89.0 cm³/mol. The molecule has 0 radical (unpaired) electrons. The lowest BCUT2D eigenvalue weighted by molar-refractivity contribution is 0.0992. The molecule has 0 heterocycles. The number of nitrogens with zero attached hydrogens (tertiary/aromatic N) is 1. The Hall–Kier alpha value is -0.770. The van der Waals surface area contributed by atoms with Gasteiger partial charge in [-0.3, -0.25) is 4.90 Å². The zero-order valence-corrected chi connectivity index (χ0v) is 14.1. The number of hydrogen-bond acceptors (Lipinski definition) is 3. The molecule has 1 fully saturated rings. The van der Waals surface area contributed by atoms with Gasteiger partial charge in [0.05, 0.1) is 12.1 Å². The molecule has 3 nitrogen and oxygen atoms in total. The van der Waals surface area contributed by atoms with E-state index in [1.807, 2.05) is 12.1 Å². The summed E-state index contributed by atoms with van der Waals surface area (Å²) in [7, 11) is 3.83. The molecule has 0 aliphatic heterocycles. The van der Waals surface area contributed by atoms with Crippen molar-refractivity contribution in [3.8, 4) is 5.75 Å². The van der Waals surface area contributed by atoms with E-state index in [1.54, 1.807) is 7.11 Å². The van der Waals surface area contributed by atoms with Gasteiger partial charge in [0, 0.05) is 18.6 Å². The average molecular weight is 311 g/mol. The van der Waals surface area contributed by atoms with E-state index in [0.717, 1.165) is 5.92 Å². The van der Waals surface area contributed by atoms with Crippen molar-refractivity contribution in [3.63, 3.8) is 0 Å². The van der Waals surface area contributed by atoms with E-state index in [9.17, 15) is 0 Å². The number of benzene rings is 1. The SMILES string of the molecule is COc1ccc(C(CN)N(C)C2CCCCC2C)cc1Cl. The summed E-state index contributed by atoms with van der Waals surface area (Å²) in [6.45, 7) is 2.96. The highest BCUT2D eigenvalue weighted by molar-refractivity contribution is 6.32. The number of nitrogens with two attached hydrogens (primary N) is 1. The highest BCUT2D eigenvalue weighted by Gasteiger charge is 2.29. The zero-order chi connectivity index (χ0) is 15.4. The van der Waals surface area contributed by atoms with E-state index < -0.39 is 0 Å². The topological polar surface area (TPSA) is 38.5 Å². The molecule has 1 aromatic rings. The molecule has 4 heteroatoms. The molecule has 0 aromatic heterocycles. The van der Waals surface area contributed by atoms with Gasteiger partial charge in [0.2, 0.25) is 0 Å². The maximum atomic E-state index is 6.27. The van der Waals surface area contributed by atoms with Gasteiger partial charge in [0.15, 0.2) is 0 Å². The van der Waals surface area contributed by atoms with Crippen LogP contribution in [0, 0.1) is 5.92 Å². The van der Waals surface area contributed by atoms with Crippen LogP contribution >= 0.6 is 11.6 Å². The van der Waals surface area contributed by atoms with E-state index in [-0.39, 0.29) is 6.04 Å². The molecular formula is C17H27ClN2O. The second-order valence-corrected chi connectivity index (χ2v) is 6.55. The molecule has 0 saturated heterocycles. The molecule has 2 rings (SSSR count). The summed E-state index contributed by atoms with van der Waals surface area (Å²) in [4.78, 5) is 2.45. The van der Waals surface area contributed by atoms with Crippen LogP contribution in [0.1, 0.15) is 44.2 Å². The molecule has 1 aromatic carbocycles. The lowest BCUT2D eigenvalue weighted by Gasteiger charge is -2.40. The van der Waals surface area contributed by atoms with Crippen LogP contribution in [0.25, 0.3) is 0 Å². The van der Waals surface area contributed by atoms with Crippen LogP contribution in [0.3, 0.4) is 0 Å². The van der Waals surface area contributed by atoms with Crippen LogP contribution in [-0.4, -0.2) is 31.6 Å². The first-order valence-corrected chi connectivity index (χ1v) is 8.21. The van der Waals surface area contributed by atoms with E-state index in [0.29, 0.717) is 23.4 Å². The normalized spacial score (nSPS) is 24.1. The van der Waals surface area contributed by atoms with Gasteiger partial charge in [-0.15, -0.1) is 0 Å². The smallest absolute Gasteiger partial charge is 0.137 e. The number of rotatable bonds is 5. The third-order valence-corrected chi connectivity index (χ3v) is 5.16. The minimum atomic E-state index is 0.207. The Balaban J connectivity index is 2.19. The predicted octanol–water partition coefficient (Wildman–Crippen LogP) is 3.86. The Labute approximate surface area is 133 Å². The van der Waals surface area contributed by atoms with Crippen LogP contribution in [-0.2, 0) is 0 Å². The van der Waals surface area contributed by atoms with Crippen LogP contribution in [0.4, 0.5) is 0 Å². The molecule has 0 spiro atoms. The van der Waals surface area contributed by atoms with Crippen molar-refractivity contribution in [2.75, 3.05) is 20.7 Å². The Morgan fingerprint density at radius 1 is 1.38 bits per heavy atom. The Morgan fingerprint density at radius 2 is 2.10 bits per heavy atom. The first kappa shape index (κ1) is 16.6. The van der Waals surface area contributed by atoms with Crippen molar-refractivity contribution >= 4 is 11.6 Å². The third-order valence-electron chi connectivity index (χ3n) is 4.86. The highest BCUT2D eigenvalue weighted by atomic mass is 35.5. The maximum Gasteiger partial charge on any atom is 0.137 e. The fraction of sp³-hybridized carbons (Fsp3) is 0.647. The van der Waals surface area contributed by atoms with Crippen LogP contribution in [0.5, 0.6) is 5.75 Å². The maximum absolute atomic E-state index is 6.27. The first-order chi connectivity index (χ1) is 10.1. The lowest BCUT2D eigenvalue weighted by atomic mass is 9.84. The molecule has 3 unspecified atom stereocenters. The lowest BCUT2D eigenvalue weighted by Crippen LogP contribution is -2.43. The molecule has 1 aliphatic rings. The van der Waals surface area contributed by atoms with Crippen molar-refractivity contribution in [3.05, 3.63) is 28.8 Å². The van der Waals surface area contributed by atoms with E-state index in [1.165, 1.54) is 31.2 Å². The van der Waals surface area contributed by atoms with Gasteiger partial charge in [-0.05, 0) is 43.5 Å². The minimum Gasteiger partial charge on any atom is -0.495 e. The van der Waals surface area contributed by atoms with Crippen molar-refractivity contribution in [1.82, 2.24) is 4.90 Å². The summed E-state index contributed by atoms with van der Waals surface area (Å²) < 4.78 is 5.23. The quantitative estimate of drug-likeness (QED) is 0.897. The molecule has 1 aliphatic carbocycles. The van der Waals surface area contributed by atoms with Gasteiger partial charge in [-0.2, -0.15) is 0 Å². The fourth-order valence-electron chi connectivity index (χ4n) is 3.56. The van der Waals surface area contributed by atoms with Gasteiger partial charge in [0.25, 0.3) is 0 Å². The van der Waals surface area contributed by atoms with E-state index in [2.05, 4.69) is 24.9 Å². The average Bonchev–Trinajstić information content (AvgIpc) is 2.48. The monoisotopic (exact) mass is 310 g/mol. The number of halogens is 1. The number of ether oxygens (including phenoxy) is 1. The van der Waals surface area contributed by atoms with Crippen molar-refractivity contribution in [2.45, 2.75) is 44.7 Å². The molecule has 118 valence electrons. The van der Waals surface area contributed by atoms with Gasteiger partial charge < -0.3 is 10.5 Å². The van der Waals surface area contributed by atoms with Gasteiger partial charge in [0.1, 0.15) is 5.75 Å². The van der Waals surface area contributed by atoms with E-state index >= 15 is 0 Å². The van der Waals surface area contributed by atoms with Gasteiger partial charge in [-0.25, -0.2) is 0 Å². The third kappa shape index (κ3) is 3.71. The molecule has 21 heavy (non-hydrogen) atoms. The number of hydrogen-bond donors (Lipinski definition) is 1. The summed E-state index contributed by atoms with van der Waals surface area (Å²) in [5.41, 5.74) is 7.23. The summed E-state index contributed by atoms with van der Waals surface area (Å²) >= 11 is 6.27. The first-order valence-electron chi connectivity index (χ1n) is 7.84. The molecule has 0 bridgehead atoms. The summed E-state index contributed by atoms with van der Waals surface area (Å²) in [6, 6.07) is 6.80. The number of methoxy groups -OCH3 is 1. The van der Waals surface area contributed by atoms with Gasteiger partial charge >= 0.3 is 0 Å². The summed E-state index contributed by atoms with van der Waals surface area (Å²) in [6.07, 6.45) is 5.25. The standard InChI is InChI=1S/C17H27ClN2O/c1-12-6-4-5-7-15(12)20(2)16(11-19)13-8-9-17(21-3)14(18)10-13/h8-10,12,15-16H,4-7,11,19H2,1-3H3. The number of likely N-dealkylation sites (N-methyl/N-ethyl adjacent to an activating group) is 1. The van der Waals surface area contributed by atoms with Gasteiger partial charge in [-0.1, -0.05) is 37.4 Å². The van der Waals surface area contributed by atoms with E-state index in [4.69, 9.17) is 22.1 Å². The summed E-state index contributed by atoms with van der Waals surface area (Å²) in [5, 5.41) is 0.651. The largest absolute Gasteiger partial charge is 0.495 e. The Morgan fingerprint density at radius 3 is 2.67 bits per heavy atom. The molecule has 2 N–H and O–H groups in total. The van der Waals surface area contributed by atoms with Crippen LogP contribution in [0.2, 0.25) is 5.02 Å². The minimum absolute atomic E-state index is 0.207. The summed E-state index contributed by atoms with van der Waals surface area (Å²) in [5.74, 6) is 1.44. The molecule has 3 atom stereocenters. The van der Waals surface area contributed by atoms with Crippen LogP contribution in [0.15, 0.2) is 18.2 Å². The Kier molecular flexibility index (Phi) is 5.91. The fourth-order valence-corrected chi connectivity index (χ4v) is 3.83. The van der Waals surface area contributed by atoms with Crippen molar-refractivity contribution in [1.29, 1.82) is 0 Å². The van der Waals surface area contributed by atoms with Crippen molar-refractivity contribution in [2.24, 2.45) is 11.7 Å². The Bertz CT molecular complexity index is 466. The zero-order valence-electron chi connectivity index (χ0n) is 13.3.